The molecule has 0 aromatic rings. The number of carboxylic acid groups (broad SMARTS) is 1. The van der Waals surface area contributed by atoms with Gasteiger partial charge in [0.2, 0.25) is 0 Å². The van der Waals surface area contributed by atoms with Gasteiger partial charge < -0.3 is 14.9 Å². The molecule has 0 spiro atoms. The van der Waals surface area contributed by atoms with E-state index >= 15 is 0 Å². The van der Waals surface area contributed by atoms with Crippen LogP contribution in [-0.2, 0) is 4.79 Å². The first-order chi connectivity index (χ1) is 8.56. The maximum atomic E-state index is 10.6. The van der Waals surface area contributed by atoms with Crippen molar-refractivity contribution in [3.63, 3.8) is 0 Å². The summed E-state index contributed by atoms with van der Waals surface area (Å²) in [5.41, 5.74) is 0. The molecule has 0 aromatic carbocycles. The van der Waals surface area contributed by atoms with Crippen LogP contribution < -0.4 is 0 Å². The summed E-state index contributed by atoms with van der Waals surface area (Å²) in [6, 6.07) is 0. The Hall–Kier alpha value is -0.610. The van der Waals surface area contributed by atoms with Crippen LogP contribution >= 0.6 is 0 Å². The van der Waals surface area contributed by atoms with Crippen LogP contribution in [0.1, 0.15) is 45.4 Å². The second kappa shape index (κ2) is 11.5. The molecule has 108 valence electrons. The largest absolute Gasteiger partial charge is 0.481 e. The third kappa shape index (κ3) is 11.9. The highest BCUT2D eigenvalue weighted by Crippen LogP contribution is 2.03. The summed E-state index contributed by atoms with van der Waals surface area (Å²) in [5, 5.41) is 8.75. The van der Waals surface area contributed by atoms with E-state index in [1.807, 2.05) is 0 Å². The van der Waals surface area contributed by atoms with Crippen molar-refractivity contribution in [3.05, 3.63) is 0 Å². The van der Waals surface area contributed by atoms with Gasteiger partial charge in [-0.2, -0.15) is 0 Å². The van der Waals surface area contributed by atoms with Crippen molar-refractivity contribution in [2.75, 3.05) is 40.3 Å². The van der Waals surface area contributed by atoms with E-state index < -0.39 is 5.97 Å². The molecule has 4 nitrogen and oxygen atoms in total. The second-order valence-electron chi connectivity index (χ2n) is 5.20. The van der Waals surface area contributed by atoms with Crippen LogP contribution in [0.25, 0.3) is 0 Å². The summed E-state index contributed by atoms with van der Waals surface area (Å²) in [5.74, 6) is -0.693. The van der Waals surface area contributed by atoms with Gasteiger partial charge in [-0.25, -0.2) is 0 Å². The molecule has 0 heterocycles. The van der Waals surface area contributed by atoms with E-state index in [0.717, 1.165) is 26.1 Å². The summed E-state index contributed by atoms with van der Waals surface area (Å²) in [7, 11) is 4.14. The normalized spacial score (nSPS) is 11.4. The molecule has 0 unspecified atom stereocenters. The molecule has 0 radical (unpaired) electrons. The van der Waals surface area contributed by atoms with E-state index in [4.69, 9.17) is 5.11 Å². The molecule has 18 heavy (non-hydrogen) atoms. The van der Waals surface area contributed by atoms with Crippen molar-refractivity contribution in [1.82, 2.24) is 9.80 Å². The fourth-order valence-corrected chi connectivity index (χ4v) is 1.96. The van der Waals surface area contributed by atoms with Gasteiger partial charge >= 0.3 is 5.97 Å². The number of carboxylic acids is 1. The van der Waals surface area contributed by atoms with Gasteiger partial charge in [-0.1, -0.05) is 26.2 Å². The lowest BCUT2D eigenvalue weighted by Gasteiger charge is -2.22. The molecule has 0 aliphatic rings. The molecular weight excluding hydrogens is 228 g/mol. The zero-order valence-corrected chi connectivity index (χ0v) is 12.3. The lowest BCUT2D eigenvalue weighted by molar-refractivity contribution is -0.137. The summed E-state index contributed by atoms with van der Waals surface area (Å²) >= 11 is 0. The average Bonchev–Trinajstić information content (AvgIpc) is 2.30. The van der Waals surface area contributed by atoms with Gasteiger partial charge in [0.25, 0.3) is 0 Å². The molecular formula is C14H30N2O2. The molecule has 4 heteroatoms. The zero-order valence-electron chi connectivity index (χ0n) is 12.3. The van der Waals surface area contributed by atoms with Crippen LogP contribution in [0.5, 0.6) is 0 Å². The average molecular weight is 258 g/mol. The predicted octanol–water partition coefficient (Wildman–Crippen LogP) is 2.30. The van der Waals surface area contributed by atoms with Crippen molar-refractivity contribution >= 4 is 5.97 Å². The number of nitrogens with zero attached hydrogens (tertiary/aromatic N) is 2. The van der Waals surface area contributed by atoms with Crippen molar-refractivity contribution in [2.24, 2.45) is 0 Å². The molecule has 0 aromatic heterocycles. The van der Waals surface area contributed by atoms with E-state index in [9.17, 15) is 4.79 Å². The Balaban J connectivity index is 3.80. The lowest BCUT2D eigenvalue weighted by Crippen LogP contribution is -2.30. The van der Waals surface area contributed by atoms with Gasteiger partial charge in [0.1, 0.15) is 0 Å². The van der Waals surface area contributed by atoms with E-state index in [1.165, 1.54) is 25.7 Å². The lowest BCUT2D eigenvalue weighted by atomic mass is 10.2. The quantitative estimate of drug-likeness (QED) is 0.546. The SMILES string of the molecule is CCCCCCN(CCCN(C)C)CCC(=O)O. The Bertz CT molecular complexity index is 208. The van der Waals surface area contributed by atoms with Gasteiger partial charge in [-0.05, 0) is 46.6 Å². The van der Waals surface area contributed by atoms with Gasteiger partial charge in [0.15, 0.2) is 0 Å². The Morgan fingerprint density at radius 1 is 0.944 bits per heavy atom. The van der Waals surface area contributed by atoms with Crippen LogP contribution in [0.4, 0.5) is 0 Å². The first-order valence-corrected chi connectivity index (χ1v) is 7.15. The van der Waals surface area contributed by atoms with Crippen LogP contribution in [0.3, 0.4) is 0 Å². The summed E-state index contributed by atoms with van der Waals surface area (Å²) < 4.78 is 0. The highest BCUT2D eigenvalue weighted by atomic mass is 16.4. The van der Waals surface area contributed by atoms with E-state index in [-0.39, 0.29) is 6.42 Å². The van der Waals surface area contributed by atoms with Gasteiger partial charge in [-0.15, -0.1) is 0 Å². The van der Waals surface area contributed by atoms with Crippen molar-refractivity contribution in [3.8, 4) is 0 Å². The van der Waals surface area contributed by atoms with E-state index in [0.29, 0.717) is 6.54 Å². The minimum Gasteiger partial charge on any atom is -0.481 e. The van der Waals surface area contributed by atoms with Gasteiger partial charge in [0, 0.05) is 6.54 Å². The highest BCUT2D eigenvalue weighted by molar-refractivity contribution is 5.66. The minimum atomic E-state index is -0.693. The third-order valence-electron chi connectivity index (χ3n) is 3.05. The Morgan fingerprint density at radius 3 is 2.17 bits per heavy atom. The number of hydrogen-bond donors (Lipinski definition) is 1. The van der Waals surface area contributed by atoms with Crippen LogP contribution in [-0.4, -0.2) is 61.2 Å². The maximum Gasteiger partial charge on any atom is 0.304 e. The molecule has 0 saturated carbocycles. The van der Waals surface area contributed by atoms with Crippen LogP contribution in [0.2, 0.25) is 0 Å². The number of aliphatic carboxylic acids is 1. The molecule has 0 atom stereocenters. The molecule has 0 bridgehead atoms. The van der Waals surface area contributed by atoms with Crippen molar-refractivity contribution < 1.29 is 9.90 Å². The topological polar surface area (TPSA) is 43.8 Å². The number of carbonyl (C=O) groups is 1. The molecule has 0 amide bonds. The zero-order chi connectivity index (χ0) is 13.8. The van der Waals surface area contributed by atoms with Crippen LogP contribution in [0, 0.1) is 0 Å². The Morgan fingerprint density at radius 2 is 1.61 bits per heavy atom. The second-order valence-corrected chi connectivity index (χ2v) is 5.20. The summed E-state index contributed by atoms with van der Waals surface area (Å²) in [4.78, 5) is 15.1. The van der Waals surface area contributed by atoms with Crippen LogP contribution in [0.15, 0.2) is 0 Å². The number of rotatable bonds is 12. The van der Waals surface area contributed by atoms with Gasteiger partial charge in [-0.3, -0.25) is 4.79 Å². The molecule has 0 rings (SSSR count). The van der Waals surface area contributed by atoms with Crippen molar-refractivity contribution in [2.45, 2.75) is 45.4 Å². The molecule has 0 saturated heterocycles. The third-order valence-corrected chi connectivity index (χ3v) is 3.05. The first kappa shape index (κ1) is 17.4. The predicted molar refractivity (Wildman–Crippen MR) is 76.0 cm³/mol. The Labute approximate surface area is 112 Å². The van der Waals surface area contributed by atoms with E-state index in [1.54, 1.807) is 0 Å². The molecule has 1 N–H and O–H groups in total. The molecule has 0 aliphatic heterocycles. The standard InChI is InChI=1S/C14H30N2O2/c1-4-5-6-7-11-16(13-9-14(17)18)12-8-10-15(2)3/h4-13H2,1-3H3,(H,17,18). The monoisotopic (exact) mass is 258 g/mol. The smallest absolute Gasteiger partial charge is 0.304 e. The summed E-state index contributed by atoms with van der Waals surface area (Å²) in [6.45, 7) is 6.02. The fourth-order valence-electron chi connectivity index (χ4n) is 1.96. The first-order valence-electron chi connectivity index (χ1n) is 7.15. The number of unbranched alkanes of at least 4 members (excludes halogenated alkanes) is 3. The van der Waals surface area contributed by atoms with Gasteiger partial charge in [0.05, 0.1) is 6.42 Å². The van der Waals surface area contributed by atoms with E-state index in [2.05, 4.69) is 30.8 Å². The molecule has 0 fully saturated rings. The minimum absolute atomic E-state index is 0.260. The van der Waals surface area contributed by atoms with Crippen molar-refractivity contribution in [1.29, 1.82) is 0 Å². The number of hydrogen-bond acceptors (Lipinski definition) is 3. The fraction of sp³-hybridized carbons (Fsp3) is 0.929. The Kier molecular flexibility index (Phi) is 11.1. The maximum absolute atomic E-state index is 10.6. The highest BCUT2D eigenvalue weighted by Gasteiger charge is 2.07. The molecule has 0 aliphatic carbocycles. The summed E-state index contributed by atoms with van der Waals surface area (Å²) in [6.07, 6.45) is 6.35.